The Morgan fingerprint density at radius 2 is 1.64 bits per heavy atom. The van der Waals surface area contributed by atoms with Crippen molar-refractivity contribution < 1.29 is 19.6 Å². The van der Waals surface area contributed by atoms with Crippen molar-refractivity contribution in [1.82, 2.24) is 4.57 Å². The molecule has 28 heavy (non-hydrogen) atoms. The molecule has 2 aromatic carbocycles. The number of ketones is 2. The van der Waals surface area contributed by atoms with E-state index in [9.17, 15) is 24.8 Å². The minimum absolute atomic E-state index is 0.0186. The Morgan fingerprint density at radius 3 is 2.32 bits per heavy atom. The van der Waals surface area contributed by atoms with E-state index in [1.807, 2.05) is 0 Å². The maximum absolute atomic E-state index is 13.0. The van der Waals surface area contributed by atoms with Crippen LogP contribution in [0.2, 0.25) is 0 Å². The lowest BCUT2D eigenvalue weighted by Crippen LogP contribution is -2.23. The molecule has 0 amide bonds. The van der Waals surface area contributed by atoms with E-state index in [0.717, 1.165) is 0 Å². The molecule has 1 heterocycles. The van der Waals surface area contributed by atoms with E-state index >= 15 is 0 Å². The van der Waals surface area contributed by atoms with E-state index < -0.39 is 11.0 Å². The monoisotopic (exact) mass is 376 g/mol. The molecular formula is C21H16N2O5. The van der Waals surface area contributed by atoms with Crippen LogP contribution >= 0.6 is 0 Å². The zero-order chi connectivity index (χ0) is 20.0. The molecule has 0 aliphatic heterocycles. The molecule has 1 aliphatic rings. The SMILES string of the molecule is Cn1cc(CC(O)c2ccccc2[N+](=O)[O-])c2c1C(=O)c1ccccc1C2=O. The minimum atomic E-state index is -1.19. The van der Waals surface area contributed by atoms with Crippen LogP contribution in [-0.4, -0.2) is 26.2 Å². The van der Waals surface area contributed by atoms with E-state index in [0.29, 0.717) is 16.7 Å². The quantitative estimate of drug-likeness (QED) is 0.436. The van der Waals surface area contributed by atoms with E-state index in [4.69, 9.17) is 0 Å². The van der Waals surface area contributed by atoms with Crippen LogP contribution in [0.25, 0.3) is 0 Å². The summed E-state index contributed by atoms with van der Waals surface area (Å²) in [7, 11) is 1.67. The number of fused-ring (bicyclic) bond motifs is 2. The third kappa shape index (κ3) is 2.64. The highest BCUT2D eigenvalue weighted by atomic mass is 16.6. The van der Waals surface area contributed by atoms with Gasteiger partial charge in [0.05, 0.1) is 22.2 Å². The molecule has 0 saturated heterocycles. The summed E-state index contributed by atoms with van der Waals surface area (Å²) in [6.45, 7) is 0. The third-order valence-corrected chi connectivity index (χ3v) is 5.02. The predicted molar refractivity (Wildman–Crippen MR) is 100 cm³/mol. The van der Waals surface area contributed by atoms with Crippen molar-refractivity contribution in [3.05, 3.63) is 98.4 Å². The maximum atomic E-state index is 13.0. The van der Waals surface area contributed by atoms with Crippen molar-refractivity contribution in [2.45, 2.75) is 12.5 Å². The lowest BCUT2D eigenvalue weighted by atomic mass is 9.85. The first kappa shape index (κ1) is 17.8. The van der Waals surface area contributed by atoms with Gasteiger partial charge in [-0.2, -0.15) is 0 Å². The van der Waals surface area contributed by atoms with E-state index in [-0.39, 0.29) is 40.5 Å². The van der Waals surface area contributed by atoms with Gasteiger partial charge >= 0.3 is 0 Å². The Hall–Kier alpha value is -3.58. The number of nitro benzene ring substituents is 1. The molecule has 7 nitrogen and oxygen atoms in total. The standard InChI is InChI=1S/C21H16N2O5/c1-22-11-12(10-17(24)15-8-4-5-9-16(15)23(27)28)18-19(22)21(26)14-7-3-2-6-13(14)20(18)25/h2-9,11,17,24H,10H2,1H3. The van der Waals surface area contributed by atoms with Crippen LogP contribution in [0, 0.1) is 10.1 Å². The summed E-state index contributed by atoms with van der Waals surface area (Å²) < 4.78 is 1.58. The van der Waals surface area contributed by atoms with Gasteiger partial charge in [-0.15, -0.1) is 0 Å². The zero-order valence-corrected chi connectivity index (χ0v) is 15.0. The molecule has 1 unspecified atom stereocenters. The summed E-state index contributed by atoms with van der Waals surface area (Å²) in [4.78, 5) is 36.6. The lowest BCUT2D eigenvalue weighted by molar-refractivity contribution is -0.386. The number of nitrogens with zero attached hydrogens (tertiary/aromatic N) is 2. The molecule has 0 fully saturated rings. The first-order chi connectivity index (χ1) is 13.4. The molecule has 0 bridgehead atoms. The number of aromatic nitrogens is 1. The van der Waals surface area contributed by atoms with Gasteiger partial charge in [-0.25, -0.2) is 0 Å². The topological polar surface area (TPSA) is 102 Å². The second-order valence-corrected chi connectivity index (χ2v) is 6.73. The number of aliphatic hydroxyl groups excluding tert-OH is 1. The summed E-state index contributed by atoms with van der Waals surface area (Å²) >= 11 is 0. The van der Waals surface area contributed by atoms with Crippen LogP contribution < -0.4 is 0 Å². The number of benzene rings is 2. The fraction of sp³-hybridized carbons (Fsp3) is 0.143. The highest BCUT2D eigenvalue weighted by Gasteiger charge is 2.35. The molecule has 1 atom stereocenters. The van der Waals surface area contributed by atoms with Crippen molar-refractivity contribution >= 4 is 17.3 Å². The number of carbonyl (C=O) groups excluding carboxylic acids is 2. The van der Waals surface area contributed by atoms with Gasteiger partial charge in [-0.1, -0.05) is 36.4 Å². The molecule has 0 spiro atoms. The van der Waals surface area contributed by atoms with Crippen LogP contribution in [0.4, 0.5) is 5.69 Å². The maximum Gasteiger partial charge on any atom is 0.275 e. The summed E-state index contributed by atoms with van der Waals surface area (Å²) in [6.07, 6.45) is 0.424. The summed E-state index contributed by atoms with van der Waals surface area (Å²) in [5.41, 5.74) is 1.67. The Balaban J connectivity index is 1.77. The summed E-state index contributed by atoms with van der Waals surface area (Å²) in [5, 5.41) is 21.9. The molecule has 0 saturated carbocycles. The molecule has 4 rings (SSSR count). The fourth-order valence-corrected chi connectivity index (χ4v) is 3.77. The van der Waals surface area contributed by atoms with E-state index in [1.165, 1.54) is 18.2 Å². The van der Waals surface area contributed by atoms with Crippen LogP contribution in [0.5, 0.6) is 0 Å². The average Bonchev–Trinajstić information content (AvgIpc) is 3.02. The van der Waals surface area contributed by atoms with Crippen LogP contribution in [-0.2, 0) is 13.5 Å². The van der Waals surface area contributed by atoms with Gasteiger partial charge in [-0.3, -0.25) is 19.7 Å². The Bertz CT molecular complexity index is 1150. The number of hydrogen-bond donors (Lipinski definition) is 1. The number of rotatable bonds is 4. The number of aryl methyl sites for hydroxylation is 1. The van der Waals surface area contributed by atoms with Crippen molar-refractivity contribution in [3.8, 4) is 0 Å². The van der Waals surface area contributed by atoms with Gasteiger partial charge in [0.15, 0.2) is 5.78 Å². The normalized spacial score (nSPS) is 13.8. The number of carbonyl (C=O) groups is 2. The Labute approximate surface area is 160 Å². The first-order valence-corrected chi connectivity index (χ1v) is 8.68. The third-order valence-electron chi connectivity index (χ3n) is 5.02. The molecular weight excluding hydrogens is 360 g/mol. The first-order valence-electron chi connectivity index (χ1n) is 8.68. The van der Waals surface area contributed by atoms with Gasteiger partial charge in [0.1, 0.15) is 5.69 Å². The summed E-state index contributed by atoms with van der Waals surface area (Å²) in [5.74, 6) is -0.533. The molecule has 0 radical (unpaired) electrons. The van der Waals surface area contributed by atoms with E-state index in [2.05, 4.69) is 0 Å². The largest absolute Gasteiger partial charge is 0.388 e. The summed E-state index contributed by atoms with van der Waals surface area (Å²) in [6, 6.07) is 12.6. The minimum Gasteiger partial charge on any atom is -0.388 e. The van der Waals surface area contributed by atoms with Crippen LogP contribution in [0.1, 0.15) is 49.2 Å². The van der Waals surface area contributed by atoms with Crippen molar-refractivity contribution in [2.24, 2.45) is 7.05 Å². The molecule has 1 N–H and O–H groups in total. The van der Waals surface area contributed by atoms with Gasteiger partial charge in [-0.05, 0) is 11.6 Å². The van der Waals surface area contributed by atoms with Gasteiger partial charge in [0.2, 0.25) is 5.78 Å². The molecule has 1 aromatic heterocycles. The van der Waals surface area contributed by atoms with Crippen molar-refractivity contribution in [2.75, 3.05) is 0 Å². The second kappa shape index (κ2) is 6.54. The van der Waals surface area contributed by atoms with Gasteiger partial charge < -0.3 is 9.67 Å². The van der Waals surface area contributed by atoms with Crippen molar-refractivity contribution in [3.63, 3.8) is 0 Å². The van der Waals surface area contributed by atoms with Crippen LogP contribution in [0.3, 0.4) is 0 Å². The molecule has 140 valence electrons. The number of aliphatic hydroxyl groups is 1. The molecule has 7 heteroatoms. The van der Waals surface area contributed by atoms with E-state index in [1.54, 1.807) is 48.1 Å². The molecule has 1 aliphatic carbocycles. The fourth-order valence-electron chi connectivity index (χ4n) is 3.77. The highest BCUT2D eigenvalue weighted by molar-refractivity contribution is 6.28. The number of para-hydroxylation sites is 1. The van der Waals surface area contributed by atoms with Crippen molar-refractivity contribution in [1.29, 1.82) is 0 Å². The number of hydrogen-bond acceptors (Lipinski definition) is 5. The highest BCUT2D eigenvalue weighted by Crippen LogP contribution is 2.34. The molecule has 3 aromatic rings. The van der Waals surface area contributed by atoms with Crippen LogP contribution in [0.15, 0.2) is 54.7 Å². The van der Waals surface area contributed by atoms with Gasteiger partial charge in [0, 0.05) is 36.9 Å². The predicted octanol–water partition coefficient (Wildman–Crippen LogP) is 2.98. The average molecular weight is 376 g/mol. The number of nitro groups is 1. The smallest absolute Gasteiger partial charge is 0.275 e. The lowest BCUT2D eigenvalue weighted by Gasteiger charge is -2.17. The zero-order valence-electron chi connectivity index (χ0n) is 15.0. The second-order valence-electron chi connectivity index (χ2n) is 6.73. The van der Waals surface area contributed by atoms with Gasteiger partial charge in [0.25, 0.3) is 5.69 Å². The Morgan fingerprint density at radius 1 is 1.04 bits per heavy atom. The Kier molecular flexibility index (Phi) is 4.16.